The number of hydrogen-bond donors (Lipinski definition) is 2. The first-order valence-corrected chi connectivity index (χ1v) is 5.47. The lowest BCUT2D eigenvalue weighted by Crippen LogP contribution is -2.39. The zero-order valence-corrected chi connectivity index (χ0v) is 9.33. The summed E-state index contributed by atoms with van der Waals surface area (Å²) in [7, 11) is 0. The summed E-state index contributed by atoms with van der Waals surface area (Å²) in [5.41, 5.74) is 10.2. The SMILES string of the molecule is CCN1c2cc(C)c(N)cc2CCC1O. The van der Waals surface area contributed by atoms with E-state index in [4.69, 9.17) is 5.73 Å². The highest BCUT2D eigenvalue weighted by atomic mass is 16.3. The summed E-state index contributed by atoms with van der Waals surface area (Å²) >= 11 is 0. The quantitative estimate of drug-likeness (QED) is 0.687. The third-order valence-electron chi connectivity index (χ3n) is 3.15. The van der Waals surface area contributed by atoms with Crippen molar-refractivity contribution in [3.05, 3.63) is 23.3 Å². The first-order chi connectivity index (χ1) is 7.13. The molecule has 0 aliphatic carbocycles. The van der Waals surface area contributed by atoms with Crippen molar-refractivity contribution in [2.75, 3.05) is 17.2 Å². The summed E-state index contributed by atoms with van der Waals surface area (Å²) in [6.07, 6.45) is 1.37. The largest absolute Gasteiger partial charge is 0.399 e. The van der Waals surface area contributed by atoms with Crippen molar-refractivity contribution in [1.29, 1.82) is 0 Å². The molecule has 0 saturated carbocycles. The molecule has 0 radical (unpaired) electrons. The minimum Gasteiger partial charge on any atom is -0.399 e. The zero-order chi connectivity index (χ0) is 11.0. The Labute approximate surface area is 90.5 Å². The molecule has 0 fully saturated rings. The topological polar surface area (TPSA) is 49.5 Å². The lowest BCUT2D eigenvalue weighted by atomic mass is 9.97. The average molecular weight is 206 g/mol. The van der Waals surface area contributed by atoms with Gasteiger partial charge in [-0.15, -0.1) is 0 Å². The van der Waals surface area contributed by atoms with Crippen molar-refractivity contribution in [3.63, 3.8) is 0 Å². The average Bonchev–Trinajstić information content (AvgIpc) is 2.21. The van der Waals surface area contributed by atoms with Gasteiger partial charge in [-0.2, -0.15) is 0 Å². The molecule has 1 unspecified atom stereocenters. The molecule has 1 aromatic carbocycles. The van der Waals surface area contributed by atoms with Crippen molar-refractivity contribution in [2.24, 2.45) is 0 Å². The summed E-state index contributed by atoms with van der Waals surface area (Å²) in [6.45, 7) is 4.89. The van der Waals surface area contributed by atoms with Crippen LogP contribution in [0.5, 0.6) is 0 Å². The molecule has 15 heavy (non-hydrogen) atoms. The Balaban J connectivity index is 2.48. The molecule has 1 aliphatic rings. The molecule has 0 aromatic heterocycles. The van der Waals surface area contributed by atoms with Crippen LogP contribution in [0.15, 0.2) is 12.1 Å². The lowest BCUT2D eigenvalue weighted by molar-refractivity contribution is 0.154. The smallest absolute Gasteiger partial charge is 0.127 e. The van der Waals surface area contributed by atoms with E-state index in [1.807, 2.05) is 17.9 Å². The van der Waals surface area contributed by atoms with Gasteiger partial charge in [0.15, 0.2) is 0 Å². The van der Waals surface area contributed by atoms with Crippen molar-refractivity contribution < 1.29 is 5.11 Å². The summed E-state index contributed by atoms with van der Waals surface area (Å²) < 4.78 is 0. The molecule has 1 heterocycles. The molecule has 0 amide bonds. The Kier molecular flexibility index (Phi) is 2.57. The number of aliphatic hydroxyl groups is 1. The van der Waals surface area contributed by atoms with E-state index in [0.717, 1.165) is 36.3 Å². The minimum atomic E-state index is -0.342. The lowest BCUT2D eigenvalue weighted by Gasteiger charge is -2.35. The van der Waals surface area contributed by atoms with E-state index in [0.29, 0.717) is 0 Å². The molecule has 0 saturated heterocycles. The fraction of sp³-hybridized carbons (Fsp3) is 0.500. The summed E-state index contributed by atoms with van der Waals surface area (Å²) in [4.78, 5) is 2.03. The highest BCUT2D eigenvalue weighted by molar-refractivity contribution is 5.64. The third kappa shape index (κ3) is 1.67. The summed E-state index contributed by atoms with van der Waals surface area (Å²) in [5.74, 6) is 0. The van der Waals surface area contributed by atoms with Crippen LogP contribution in [0.25, 0.3) is 0 Å². The van der Waals surface area contributed by atoms with E-state index in [1.54, 1.807) is 0 Å². The van der Waals surface area contributed by atoms with Crippen molar-refractivity contribution in [1.82, 2.24) is 0 Å². The van der Waals surface area contributed by atoms with Gasteiger partial charge in [-0.05, 0) is 49.9 Å². The van der Waals surface area contributed by atoms with Crippen LogP contribution >= 0.6 is 0 Å². The van der Waals surface area contributed by atoms with Crippen molar-refractivity contribution >= 4 is 11.4 Å². The number of benzene rings is 1. The molecule has 1 aliphatic heterocycles. The second-order valence-electron chi connectivity index (χ2n) is 4.14. The Morgan fingerprint density at radius 3 is 2.93 bits per heavy atom. The number of fused-ring (bicyclic) bond motifs is 1. The van der Waals surface area contributed by atoms with Gasteiger partial charge in [0.1, 0.15) is 6.23 Å². The van der Waals surface area contributed by atoms with Crippen LogP contribution in [0.1, 0.15) is 24.5 Å². The van der Waals surface area contributed by atoms with E-state index >= 15 is 0 Å². The molecule has 0 spiro atoms. The van der Waals surface area contributed by atoms with E-state index in [2.05, 4.69) is 13.0 Å². The van der Waals surface area contributed by atoms with Crippen LogP contribution in [-0.4, -0.2) is 17.9 Å². The molecule has 1 atom stereocenters. The van der Waals surface area contributed by atoms with Gasteiger partial charge in [0.05, 0.1) is 0 Å². The van der Waals surface area contributed by atoms with E-state index < -0.39 is 0 Å². The maximum absolute atomic E-state index is 9.87. The standard InChI is InChI=1S/C12H18N2O/c1-3-14-11-6-8(2)10(13)7-9(11)4-5-12(14)15/h6-7,12,15H,3-5,13H2,1-2H3. The van der Waals surface area contributed by atoms with Gasteiger partial charge in [0.25, 0.3) is 0 Å². The predicted molar refractivity (Wildman–Crippen MR) is 62.9 cm³/mol. The maximum Gasteiger partial charge on any atom is 0.127 e. The number of aryl methyl sites for hydroxylation is 2. The van der Waals surface area contributed by atoms with E-state index in [1.165, 1.54) is 5.56 Å². The van der Waals surface area contributed by atoms with Gasteiger partial charge in [-0.3, -0.25) is 0 Å². The Bertz CT molecular complexity index is 376. The third-order valence-corrected chi connectivity index (χ3v) is 3.15. The van der Waals surface area contributed by atoms with Gasteiger partial charge in [-0.25, -0.2) is 0 Å². The number of rotatable bonds is 1. The number of anilines is 2. The molecule has 82 valence electrons. The molecule has 2 rings (SSSR count). The van der Waals surface area contributed by atoms with Crippen LogP contribution < -0.4 is 10.6 Å². The summed E-state index contributed by atoms with van der Waals surface area (Å²) in [5, 5.41) is 9.87. The van der Waals surface area contributed by atoms with Gasteiger partial charge >= 0.3 is 0 Å². The van der Waals surface area contributed by atoms with Gasteiger partial charge in [-0.1, -0.05) is 0 Å². The van der Waals surface area contributed by atoms with Crippen LogP contribution in [-0.2, 0) is 6.42 Å². The monoisotopic (exact) mass is 206 g/mol. The zero-order valence-electron chi connectivity index (χ0n) is 9.33. The van der Waals surface area contributed by atoms with Crippen LogP contribution in [0.3, 0.4) is 0 Å². The first kappa shape index (κ1) is 10.3. The molecule has 3 nitrogen and oxygen atoms in total. The second kappa shape index (κ2) is 3.74. The minimum absolute atomic E-state index is 0.342. The highest BCUT2D eigenvalue weighted by Gasteiger charge is 2.23. The van der Waals surface area contributed by atoms with Gasteiger partial charge < -0.3 is 15.7 Å². The van der Waals surface area contributed by atoms with Crippen LogP contribution in [0.4, 0.5) is 11.4 Å². The van der Waals surface area contributed by atoms with Crippen molar-refractivity contribution in [3.8, 4) is 0 Å². The molecular weight excluding hydrogens is 188 g/mol. The number of nitrogen functional groups attached to an aromatic ring is 1. The van der Waals surface area contributed by atoms with Gasteiger partial charge in [0.2, 0.25) is 0 Å². The molecule has 1 aromatic rings. The fourth-order valence-corrected chi connectivity index (χ4v) is 2.21. The normalized spacial score (nSPS) is 20.2. The Morgan fingerprint density at radius 1 is 1.53 bits per heavy atom. The number of hydrogen-bond acceptors (Lipinski definition) is 3. The Morgan fingerprint density at radius 2 is 2.27 bits per heavy atom. The highest BCUT2D eigenvalue weighted by Crippen LogP contribution is 2.32. The number of aliphatic hydroxyl groups excluding tert-OH is 1. The number of nitrogens with two attached hydrogens (primary N) is 1. The summed E-state index contributed by atoms with van der Waals surface area (Å²) in [6, 6.07) is 4.12. The molecule has 3 N–H and O–H groups in total. The number of nitrogens with zero attached hydrogens (tertiary/aromatic N) is 1. The van der Waals surface area contributed by atoms with Gasteiger partial charge in [0, 0.05) is 17.9 Å². The van der Waals surface area contributed by atoms with E-state index in [9.17, 15) is 5.11 Å². The molecule has 0 bridgehead atoms. The van der Waals surface area contributed by atoms with Crippen LogP contribution in [0.2, 0.25) is 0 Å². The fourth-order valence-electron chi connectivity index (χ4n) is 2.21. The van der Waals surface area contributed by atoms with Crippen molar-refractivity contribution in [2.45, 2.75) is 32.9 Å². The predicted octanol–water partition coefficient (Wildman–Crippen LogP) is 1.67. The van der Waals surface area contributed by atoms with Crippen LogP contribution in [0, 0.1) is 6.92 Å². The van der Waals surface area contributed by atoms with E-state index in [-0.39, 0.29) is 6.23 Å². The first-order valence-electron chi connectivity index (χ1n) is 5.47. The second-order valence-corrected chi connectivity index (χ2v) is 4.14. The molecule has 3 heteroatoms. The maximum atomic E-state index is 9.87. The molecular formula is C12H18N2O. The Hall–Kier alpha value is -1.22.